The number of hydrogen-bond donors (Lipinski definition) is 0. The van der Waals surface area contributed by atoms with Crippen molar-refractivity contribution in [1.29, 1.82) is 0 Å². The van der Waals surface area contributed by atoms with E-state index in [4.69, 9.17) is 23.8 Å². The number of para-hydroxylation sites is 2. The van der Waals surface area contributed by atoms with Gasteiger partial charge in [0.1, 0.15) is 22.3 Å². The Morgan fingerprint density at radius 3 is 1.58 bits per heavy atom. The van der Waals surface area contributed by atoms with Gasteiger partial charge in [-0.3, -0.25) is 0 Å². The van der Waals surface area contributed by atoms with Crippen molar-refractivity contribution in [2.24, 2.45) is 0 Å². The van der Waals surface area contributed by atoms with Crippen LogP contribution in [0.3, 0.4) is 0 Å². The molecule has 6 nitrogen and oxygen atoms in total. The predicted octanol–water partition coefficient (Wildman–Crippen LogP) is 13.4. The van der Waals surface area contributed by atoms with E-state index in [0.29, 0.717) is 17.5 Å². The van der Waals surface area contributed by atoms with Crippen LogP contribution in [0.25, 0.3) is 117 Å². The number of hydrogen-bond acceptors (Lipinski definition) is 5. The van der Waals surface area contributed by atoms with Crippen LogP contribution in [0.5, 0.6) is 0 Å². The third-order valence-electron chi connectivity index (χ3n) is 11.1. The second-order valence-electron chi connectivity index (χ2n) is 14.4. The number of nitrogens with zero attached hydrogens (tertiary/aromatic N) is 4. The normalized spacial score (nSPS) is 11.9. The van der Waals surface area contributed by atoms with E-state index in [1.54, 1.807) is 0 Å². The van der Waals surface area contributed by atoms with E-state index in [2.05, 4.69) is 108 Å². The maximum atomic E-state index is 6.55. The van der Waals surface area contributed by atoms with Gasteiger partial charge in [-0.2, -0.15) is 0 Å². The van der Waals surface area contributed by atoms with Crippen molar-refractivity contribution in [1.82, 2.24) is 19.5 Å². The molecule has 0 amide bonds. The minimum absolute atomic E-state index is 0.600. The summed E-state index contributed by atoms with van der Waals surface area (Å²) in [6, 6.07) is 62.7. The summed E-state index contributed by atoms with van der Waals surface area (Å²) < 4.78 is 15.3. The topological polar surface area (TPSA) is 69.9 Å². The number of furan rings is 2. The molecule has 0 aliphatic carbocycles. The van der Waals surface area contributed by atoms with Crippen LogP contribution in [0.4, 0.5) is 0 Å². The van der Waals surface area contributed by atoms with Crippen LogP contribution < -0.4 is 0 Å². The molecular weight excluding hydrogens is 701 g/mol. The third-order valence-corrected chi connectivity index (χ3v) is 11.1. The summed E-state index contributed by atoms with van der Waals surface area (Å²) in [7, 11) is 0. The molecule has 6 heteroatoms. The third kappa shape index (κ3) is 5.01. The molecule has 0 spiro atoms. The van der Waals surface area contributed by atoms with E-state index < -0.39 is 0 Å². The summed E-state index contributed by atoms with van der Waals surface area (Å²) in [5.74, 6) is 1.85. The Kier molecular flexibility index (Phi) is 6.83. The second-order valence-corrected chi connectivity index (χ2v) is 14.4. The van der Waals surface area contributed by atoms with Gasteiger partial charge in [0, 0.05) is 60.8 Å². The van der Waals surface area contributed by atoms with Crippen molar-refractivity contribution in [2.45, 2.75) is 0 Å². The molecule has 266 valence electrons. The Labute approximate surface area is 325 Å². The van der Waals surface area contributed by atoms with E-state index in [0.717, 1.165) is 77.4 Å². The minimum Gasteiger partial charge on any atom is -0.456 e. The molecule has 0 unspecified atom stereocenters. The van der Waals surface area contributed by atoms with Gasteiger partial charge in [0.05, 0.1) is 11.0 Å². The quantitative estimate of drug-likeness (QED) is 0.176. The summed E-state index contributed by atoms with van der Waals surface area (Å²) in [6.07, 6.45) is 0. The molecule has 8 aromatic carbocycles. The molecule has 12 rings (SSSR count). The van der Waals surface area contributed by atoms with Crippen molar-refractivity contribution in [3.63, 3.8) is 0 Å². The van der Waals surface area contributed by atoms with Crippen LogP contribution in [-0.4, -0.2) is 19.5 Å². The highest BCUT2D eigenvalue weighted by Crippen LogP contribution is 2.41. The van der Waals surface area contributed by atoms with Crippen LogP contribution in [0.1, 0.15) is 0 Å². The average Bonchev–Trinajstić information content (AvgIpc) is 3.95. The van der Waals surface area contributed by atoms with E-state index in [-0.39, 0.29) is 0 Å². The highest BCUT2D eigenvalue weighted by Gasteiger charge is 2.19. The van der Waals surface area contributed by atoms with Crippen LogP contribution in [0, 0.1) is 0 Å². The molecule has 0 saturated carbocycles. The summed E-state index contributed by atoms with van der Waals surface area (Å²) in [5.41, 5.74) is 11.6. The monoisotopic (exact) mass is 730 g/mol. The maximum Gasteiger partial charge on any atom is 0.164 e. The molecule has 0 saturated heterocycles. The first kappa shape index (κ1) is 31.5. The highest BCUT2D eigenvalue weighted by molar-refractivity contribution is 6.15. The SMILES string of the molecule is c1ccc(-c2nc(-c3ccccc3)nc(-c3ccc4oc5cccc(-c6ccc7oc8cc(-n9c%10ccccc%10c%10ccccc%109)ccc8c7c6)c5c4c3)n2)cc1. The number of benzene rings is 8. The molecule has 0 N–H and O–H groups in total. The van der Waals surface area contributed by atoms with Gasteiger partial charge >= 0.3 is 0 Å². The van der Waals surface area contributed by atoms with Gasteiger partial charge in [0.25, 0.3) is 0 Å². The molecule has 0 atom stereocenters. The lowest BCUT2D eigenvalue weighted by molar-refractivity contribution is 0.668. The van der Waals surface area contributed by atoms with Gasteiger partial charge in [-0.25, -0.2) is 15.0 Å². The van der Waals surface area contributed by atoms with E-state index in [9.17, 15) is 0 Å². The standard InChI is InChI=1S/C51H30N4O2/c1-3-12-31(13-4-1)49-52-50(32-14-5-2-6-15-32)54-51(53-49)34-23-27-45-41(29-34)48-36(18-11-21-46(48)56-45)33-22-26-44-40(28-33)39-25-24-35(30-47(39)57-44)55-42-19-9-7-16-37(42)38-17-8-10-20-43(38)55/h1-30H. The van der Waals surface area contributed by atoms with Gasteiger partial charge in [-0.1, -0.05) is 115 Å². The summed E-state index contributed by atoms with van der Waals surface area (Å²) in [5, 5.41) is 6.63. The Hall–Kier alpha value is -7.83. The van der Waals surface area contributed by atoms with Crippen molar-refractivity contribution in [2.75, 3.05) is 0 Å². The minimum atomic E-state index is 0.600. The highest BCUT2D eigenvalue weighted by atomic mass is 16.3. The van der Waals surface area contributed by atoms with Gasteiger partial charge in [-0.15, -0.1) is 0 Å². The predicted molar refractivity (Wildman–Crippen MR) is 230 cm³/mol. The molecule has 0 aliphatic rings. The molecule has 4 heterocycles. The fraction of sp³-hybridized carbons (Fsp3) is 0. The molecule has 12 aromatic rings. The maximum absolute atomic E-state index is 6.55. The molecule has 0 radical (unpaired) electrons. The Morgan fingerprint density at radius 2 is 0.895 bits per heavy atom. The van der Waals surface area contributed by atoms with E-state index >= 15 is 0 Å². The van der Waals surface area contributed by atoms with Gasteiger partial charge in [0.15, 0.2) is 17.5 Å². The summed E-state index contributed by atoms with van der Waals surface area (Å²) in [4.78, 5) is 14.9. The fourth-order valence-electron chi connectivity index (χ4n) is 8.42. The molecule has 57 heavy (non-hydrogen) atoms. The van der Waals surface area contributed by atoms with Crippen molar-refractivity contribution >= 4 is 65.7 Å². The zero-order valence-corrected chi connectivity index (χ0v) is 30.4. The van der Waals surface area contributed by atoms with Crippen molar-refractivity contribution in [3.05, 3.63) is 182 Å². The number of aromatic nitrogens is 4. The lowest BCUT2D eigenvalue weighted by Gasteiger charge is -2.09. The molecule has 0 bridgehead atoms. The first-order valence-corrected chi connectivity index (χ1v) is 19.0. The smallest absolute Gasteiger partial charge is 0.164 e. The average molecular weight is 731 g/mol. The van der Waals surface area contributed by atoms with Crippen LogP contribution >= 0.6 is 0 Å². The Bertz CT molecular complexity index is 3410. The molecule has 0 fully saturated rings. The summed E-state index contributed by atoms with van der Waals surface area (Å²) in [6.45, 7) is 0. The summed E-state index contributed by atoms with van der Waals surface area (Å²) >= 11 is 0. The largest absolute Gasteiger partial charge is 0.456 e. The Morgan fingerprint density at radius 1 is 0.333 bits per heavy atom. The van der Waals surface area contributed by atoms with Crippen LogP contribution in [0.2, 0.25) is 0 Å². The van der Waals surface area contributed by atoms with Crippen molar-refractivity contribution < 1.29 is 8.83 Å². The Balaban J connectivity index is 0.994. The zero-order chi connectivity index (χ0) is 37.5. The zero-order valence-electron chi connectivity index (χ0n) is 30.4. The van der Waals surface area contributed by atoms with E-state index in [1.165, 1.54) is 21.8 Å². The fourth-order valence-corrected chi connectivity index (χ4v) is 8.42. The lowest BCUT2D eigenvalue weighted by Crippen LogP contribution is -2.00. The number of fused-ring (bicyclic) bond motifs is 9. The van der Waals surface area contributed by atoms with Crippen molar-refractivity contribution in [3.8, 4) is 51.0 Å². The van der Waals surface area contributed by atoms with Gasteiger partial charge < -0.3 is 13.4 Å². The molecule has 4 aromatic heterocycles. The number of rotatable bonds is 5. The molecule has 0 aliphatic heterocycles. The van der Waals surface area contributed by atoms with E-state index in [1.807, 2.05) is 78.9 Å². The van der Waals surface area contributed by atoms with Gasteiger partial charge in [-0.05, 0) is 71.8 Å². The first-order chi connectivity index (χ1) is 28.2. The first-order valence-electron chi connectivity index (χ1n) is 19.0. The molecular formula is C51H30N4O2. The van der Waals surface area contributed by atoms with Gasteiger partial charge in [0.2, 0.25) is 0 Å². The second kappa shape index (κ2) is 12.3. The van der Waals surface area contributed by atoms with Crippen LogP contribution in [-0.2, 0) is 0 Å². The van der Waals surface area contributed by atoms with Crippen LogP contribution in [0.15, 0.2) is 191 Å². The lowest BCUT2D eigenvalue weighted by atomic mass is 9.97.